The maximum atomic E-state index is 12.5. The minimum atomic E-state index is -1.96. The monoisotopic (exact) mass is 582 g/mol. The number of aliphatic hydroxyl groups is 1. The third-order valence-corrected chi connectivity index (χ3v) is 7.84. The number of carbonyl (C=O) groups is 1. The van der Waals surface area contributed by atoms with Gasteiger partial charge in [0.1, 0.15) is 11.9 Å². The van der Waals surface area contributed by atoms with Gasteiger partial charge in [0.05, 0.1) is 51.3 Å². The zero-order chi connectivity index (χ0) is 30.1. The van der Waals surface area contributed by atoms with Gasteiger partial charge in [-0.1, -0.05) is 97.9 Å². The molecule has 7 heteroatoms. The molecule has 1 aliphatic rings. The van der Waals surface area contributed by atoms with Gasteiger partial charge in [-0.15, -0.1) is 0 Å². The second-order valence-corrected chi connectivity index (χ2v) is 10.8. The summed E-state index contributed by atoms with van der Waals surface area (Å²) in [6.07, 6.45) is -1.38. The fraction of sp³-hybridized carbons (Fsp3) is 0.306. The van der Waals surface area contributed by atoms with Gasteiger partial charge in [0.15, 0.2) is 6.29 Å². The number of methoxy groups -OCH3 is 1. The van der Waals surface area contributed by atoms with Crippen molar-refractivity contribution in [2.45, 2.75) is 50.8 Å². The maximum absolute atomic E-state index is 12.5. The molecule has 1 N–H and O–H groups in total. The smallest absolute Gasteiger partial charge is 0.222 e. The molecule has 0 saturated carbocycles. The SMILES string of the molecule is COc1ccc(C2(O)O[C@H](COCc3ccccc3)[C@@H](C)[C@H](OCc3ccccc3)[C@H]2OCc2ccccc2)cc1C=O. The molecule has 0 aliphatic carbocycles. The van der Waals surface area contributed by atoms with Crippen molar-refractivity contribution in [2.75, 3.05) is 13.7 Å². The van der Waals surface area contributed by atoms with Crippen LogP contribution in [0.2, 0.25) is 0 Å². The number of benzene rings is 4. The van der Waals surface area contributed by atoms with Gasteiger partial charge < -0.3 is 28.8 Å². The molecule has 1 unspecified atom stereocenters. The van der Waals surface area contributed by atoms with E-state index in [4.69, 9.17) is 23.7 Å². The summed E-state index contributed by atoms with van der Waals surface area (Å²) in [6, 6.07) is 34.4. The molecule has 7 nitrogen and oxygen atoms in total. The highest BCUT2D eigenvalue weighted by atomic mass is 16.7. The molecule has 0 amide bonds. The average molecular weight is 583 g/mol. The summed E-state index contributed by atoms with van der Waals surface area (Å²) in [5, 5.41) is 12.5. The van der Waals surface area contributed by atoms with E-state index in [1.165, 1.54) is 7.11 Å². The predicted octanol–water partition coefficient (Wildman–Crippen LogP) is 6.08. The van der Waals surface area contributed by atoms with E-state index < -0.39 is 24.1 Å². The number of hydrogen-bond donors (Lipinski definition) is 1. The highest BCUT2D eigenvalue weighted by Gasteiger charge is 2.55. The van der Waals surface area contributed by atoms with E-state index in [9.17, 15) is 9.90 Å². The van der Waals surface area contributed by atoms with Crippen LogP contribution >= 0.6 is 0 Å². The number of carbonyl (C=O) groups excluding carboxylic acids is 1. The van der Waals surface area contributed by atoms with Crippen molar-refractivity contribution in [3.63, 3.8) is 0 Å². The average Bonchev–Trinajstić information content (AvgIpc) is 3.06. The standard InChI is InChI=1S/C36H38O7/c1-26-33(25-40-22-27-12-6-3-7-13-27)43-36(38,31-18-19-32(39-2)30(20-31)21-37)35(42-24-29-16-10-5-11-17-29)34(26)41-23-28-14-8-4-9-15-28/h3-21,26,33-35,38H,22-25H2,1-2H3/t26-,33-,34+,35-,36?/m1/s1. The minimum Gasteiger partial charge on any atom is -0.496 e. The van der Waals surface area contributed by atoms with E-state index in [0.717, 1.165) is 16.7 Å². The highest BCUT2D eigenvalue weighted by molar-refractivity contribution is 5.79. The van der Waals surface area contributed by atoms with E-state index in [0.29, 0.717) is 30.8 Å². The lowest BCUT2D eigenvalue weighted by molar-refractivity contribution is -0.365. The zero-order valence-corrected chi connectivity index (χ0v) is 24.5. The van der Waals surface area contributed by atoms with Crippen LogP contribution in [-0.4, -0.2) is 43.4 Å². The van der Waals surface area contributed by atoms with Crippen LogP contribution in [0.4, 0.5) is 0 Å². The fourth-order valence-electron chi connectivity index (χ4n) is 5.42. The largest absolute Gasteiger partial charge is 0.496 e. The predicted molar refractivity (Wildman–Crippen MR) is 162 cm³/mol. The molecule has 5 rings (SSSR count). The Bertz CT molecular complexity index is 1430. The Morgan fingerprint density at radius 1 is 0.791 bits per heavy atom. The molecular formula is C36H38O7. The van der Waals surface area contributed by atoms with Gasteiger partial charge in [-0.25, -0.2) is 0 Å². The van der Waals surface area contributed by atoms with E-state index in [1.807, 2.05) is 97.9 Å². The number of hydrogen-bond acceptors (Lipinski definition) is 7. The van der Waals surface area contributed by atoms with Crippen LogP contribution in [0.3, 0.4) is 0 Å². The first-order valence-electron chi connectivity index (χ1n) is 14.5. The molecule has 0 spiro atoms. The van der Waals surface area contributed by atoms with Gasteiger partial charge >= 0.3 is 0 Å². The first kappa shape index (κ1) is 30.6. The second kappa shape index (κ2) is 14.6. The molecule has 224 valence electrons. The Morgan fingerprint density at radius 3 is 1.91 bits per heavy atom. The Labute approximate surface area is 252 Å². The summed E-state index contributed by atoms with van der Waals surface area (Å²) in [6.45, 7) is 3.17. The molecule has 1 aliphatic heterocycles. The first-order valence-corrected chi connectivity index (χ1v) is 14.5. The molecule has 4 aromatic carbocycles. The summed E-state index contributed by atoms with van der Waals surface area (Å²) >= 11 is 0. The molecule has 1 fully saturated rings. The quantitative estimate of drug-likeness (QED) is 0.192. The first-order chi connectivity index (χ1) is 21.0. The van der Waals surface area contributed by atoms with Crippen molar-refractivity contribution in [2.24, 2.45) is 5.92 Å². The number of ether oxygens (including phenoxy) is 5. The molecule has 5 atom stereocenters. The Morgan fingerprint density at radius 2 is 1.35 bits per heavy atom. The number of aldehydes is 1. The summed E-state index contributed by atoms with van der Waals surface area (Å²) in [4.78, 5) is 12.0. The van der Waals surface area contributed by atoms with Crippen LogP contribution in [-0.2, 0) is 44.6 Å². The van der Waals surface area contributed by atoms with Gasteiger partial charge in [-0.2, -0.15) is 0 Å². The van der Waals surface area contributed by atoms with Gasteiger partial charge in [0, 0.05) is 11.5 Å². The van der Waals surface area contributed by atoms with Crippen LogP contribution in [0, 0.1) is 5.92 Å². The van der Waals surface area contributed by atoms with Crippen LogP contribution in [0.25, 0.3) is 0 Å². The van der Waals surface area contributed by atoms with Gasteiger partial charge in [-0.05, 0) is 34.9 Å². The van der Waals surface area contributed by atoms with Crippen molar-refractivity contribution in [3.8, 4) is 5.75 Å². The van der Waals surface area contributed by atoms with Crippen LogP contribution in [0.15, 0.2) is 109 Å². The molecule has 0 bridgehead atoms. The normalized spacial score (nSPS) is 23.5. The molecule has 43 heavy (non-hydrogen) atoms. The number of rotatable bonds is 13. The Kier molecular flexibility index (Phi) is 10.4. The van der Waals surface area contributed by atoms with Gasteiger partial charge in [0.25, 0.3) is 0 Å². The lowest BCUT2D eigenvalue weighted by Crippen LogP contribution is -2.62. The van der Waals surface area contributed by atoms with Gasteiger partial charge in [-0.3, -0.25) is 4.79 Å². The van der Waals surface area contributed by atoms with Gasteiger partial charge in [0.2, 0.25) is 5.79 Å². The highest BCUT2D eigenvalue weighted by Crippen LogP contribution is 2.43. The molecule has 0 aromatic heterocycles. The third kappa shape index (κ3) is 7.39. The molecular weight excluding hydrogens is 544 g/mol. The summed E-state index contributed by atoms with van der Waals surface area (Å²) in [5.41, 5.74) is 3.62. The Balaban J connectivity index is 1.49. The maximum Gasteiger partial charge on any atom is 0.222 e. The zero-order valence-electron chi connectivity index (χ0n) is 24.5. The lowest BCUT2D eigenvalue weighted by atomic mass is 9.82. The van der Waals surface area contributed by atoms with E-state index in [-0.39, 0.29) is 24.7 Å². The van der Waals surface area contributed by atoms with Crippen LogP contribution < -0.4 is 4.74 Å². The third-order valence-electron chi connectivity index (χ3n) is 7.84. The van der Waals surface area contributed by atoms with E-state index in [1.54, 1.807) is 18.2 Å². The molecule has 1 heterocycles. The van der Waals surface area contributed by atoms with Crippen molar-refractivity contribution >= 4 is 6.29 Å². The second-order valence-electron chi connectivity index (χ2n) is 10.8. The van der Waals surface area contributed by atoms with Crippen molar-refractivity contribution in [3.05, 3.63) is 137 Å². The minimum absolute atomic E-state index is 0.214. The van der Waals surface area contributed by atoms with E-state index in [2.05, 4.69) is 0 Å². The van der Waals surface area contributed by atoms with Crippen LogP contribution in [0.5, 0.6) is 5.75 Å². The molecule has 0 radical (unpaired) electrons. The lowest BCUT2D eigenvalue weighted by Gasteiger charge is -2.50. The van der Waals surface area contributed by atoms with Crippen molar-refractivity contribution in [1.82, 2.24) is 0 Å². The topological polar surface area (TPSA) is 83.5 Å². The summed E-state index contributed by atoms with van der Waals surface area (Å²) < 4.78 is 31.1. The van der Waals surface area contributed by atoms with E-state index >= 15 is 0 Å². The summed E-state index contributed by atoms with van der Waals surface area (Å²) in [5.74, 6) is -1.79. The Hall–Kier alpha value is -3.85. The summed E-state index contributed by atoms with van der Waals surface area (Å²) in [7, 11) is 1.49. The fourth-order valence-corrected chi connectivity index (χ4v) is 5.42. The molecule has 1 saturated heterocycles. The van der Waals surface area contributed by atoms with Crippen molar-refractivity contribution in [1.29, 1.82) is 0 Å². The van der Waals surface area contributed by atoms with Crippen molar-refractivity contribution < 1.29 is 33.6 Å². The molecule has 4 aromatic rings. The van der Waals surface area contributed by atoms with Crippen LogP contribution in [0.1, 0.15) is 39.5 Å².